The van der Waals surface area contributed by atoms with E-state index in [9.17, 15) is 9.90 Å². The molecule has 0 bridgehead atoms. The fourth-order valence-electron chi connectivity index (χ4n) is 2.28. The molecule has 5 nitrogen and oxygen atoms in total. The predicted octanol–water partition coefficient (Wildman–Crippen LogP) is 1.26. The molecule has 1 fully saturated rings. The molecule has 116 valence electrons. The van der Waals surface area contributed by atoms with Gasteiger partial charge in [-0.1, -0.05) is 29.8 Å². The first-order valence-corrected chi connectivity index (χ1v) is 7.56. The van der Waals surface area contributed by atoms with Gasteiger partial charge in [0.15, 0.2) is 0 Å². The molecule has 21 heavy (non-hydrogen) atoms. The minimum Gasteiger partial charge on any atom is -0.387 e. The monoisotopic (exact) mass is 312 g/mol. The lowest BCUT2D eigenvalue weighted by atomic mass is 10.1. The van der Waals surface area contributed by atoms with E-state index < -0.39 is 6.10 Å². The van der Waals surface area contributed by atoms with Crippen molar-refractivity contribution >= 4 is 17.5 Å². The van der Waals surface area contributed by atoms with E-state index in [1.165, 1.54) is 0 Å². The summed E-state index contributed by atoms with van der Waals surface area (Å²) in [7, 11) is 0. The number of aliphatic hydroxyl groups excluding tert-OH is 1. The van der Waals surface area contributed by atoms with Gasteiger partial charge in [0.05, 0.1) is 18.8 Å². The zero-order valence-electron chi connectivity index (χ0n) is 11.8. The average Bonchev–Trinajstić information content (AvgIpc) is 2.98. The van der Waals surface area contributed by atoms with Crippen LogP contribution >= 0.6 is 11.6 Å². The highest BCUT2D eigenvalue weighted by molar-refractivity contribution is 6.31. The number of hydrogen-bond donors (Lipinski definition) is 3. The van der Waals surface area contributed by atoms with Gasteiger partial charge in [0, 0.05) is 30.3 Å². The highest BCUT2D eigenvalue weighted by Crippen LogP contribution is 2.21. The molecule has 1 aromatic rings. The summed E-state index contributed by atoms with van der Waals surface area (Å²) in [6, 6.07) is 7.06. The summed E-state index contributed by atoms with van der Waals surface area (Å²) in [5.74, 6) is -0.154. The van der Waals surface area contributed by atoms with Crippen molar-refractivity contribution in [2.45, 2.75) is 25.0 Å². The SMILES string of the molecule is O=C(CNC[C@@H]1CCCO1)NC[C@H](O)c1ccccc1Cl. The Kier molecular flexibility index (Phi) is 6.45. The molecule has 6 heteroatoms. The van der Waals surface area contributed by atoms with Crippen LogP contribution in [0, 0.1) is 0 Å². The molecule has 1 aliphatic rings. The summed E-state index contributed by atoms with van der Waals surface area (Å²) in [6.07, 6.45) is 1.54. The van der Waals surface area contributed by atoms with E-state index in [2.05, 4.69) is 10.6 Å². The van der Waals surface area contributed by atoms with Gasteiger partial charge in [-0.05, 0) is 18.9 Å². The number of nitrogens with one attached hydrogen (secondary N) is 2. The van der Waals surface area contributed by atoms with E-state index in [-0.39, 0.29) is 25.1 Å². The lowest BCUT2D eigenvalue weighted by Crippen LogP contribution is -2.38. The van der Waals surface area contributed by atoms with E-state index >= 15 is 0 Å². The molecule has 1 saturated heterocycles. The Morgan fingerprint density at radius 1 is 1.48 bits per heavy atom. The summed E-state index contributed by atoms with van der Waals surface area (Å²) >= 11 is 5.99. The summed E-state index contributed by atoms with van der Waals surface area (Å²) in [5, 5.41) is 16.2. The van der Waals surface area contributed by atoms with Gasteiger partial charge in [-0.3, -0.25) is 4.79 Å². The molecular weight excluding hydrogens is 292 g/mol. The number of aliphatic hydroxyl groups is 1. The third-order valence-corrected chi connectivity index (χ3v) is 3.78. The van der Waals surface area contributed by atoms with Crippen LogP contribution in [0.2, 0.25) is 5.02 Å². The van der Waals surface area contributed by atoms with Crippen molar-refractivity contribution in [1.82, 2.24) is 10.6 Å². The van der Waals surface area contributed by atoms with Crippen molar-refractivity contribution in [2.24, 2.45) is 0 Å². The topological polar surface area (TPSA) is 70.6 Å². The van der Waals surface area contributed by atoms with Crippen LogP contribution in [0.5, 0.6) is 0 Å². The Balaban J connectivity index is 1.65. The Hall–Kier alpha value is -1.14. The Morgan fingerprint density at radius 3 is 3.00 bits per heavy atom. The van der Waals surface area contributed by atoms with Crippen molar-refractivity contribution in [3.8, 4) is 0 Å². The molecule has 1 aromatic carbocycles. The lowest BCUT2D eigenvalue weighted by molar-refractivity contribution is -0.120. The molecule has 0 radical (unpaired) electrons. The van der Waals surface area contributed by atoms with Crippen molar-refractivity contribution in [1.29, 1.82) is 0 Å². The summed E-state index contributed by atoms with van der Waals surface area (Å²) in [4.78, 5) is 11.7. The fraction of sp³-hybridized carbons (Fsp3) is 0.533. The molecule has 1 heterocycles. The van der Waals surface area contributed by atoms with Crippen LogP contribution in [-0.4, -0.2) is 43.4 Å². The first kappa shape index (κ1) is 16.2. The number of amides is 1. The van der Waals surface area contributed by atoms with Gasteiger partial charge in [0.2, 0.25) is 5.91 Å². The number of carbonyl (C=O) groups excluding carboxylic acids is 1. The minimum atomic E-state index is -0.805. The second-order valence-corrected chi connectivity index (χ2v) is 5.51. The van der Waals surface area contributed by atoms with Gasteiger partial charge >= 0.3 is 0 Å². The van der Waals surface area contributed by atoms with Crippen LogP contribution in [0.3, 0.4) is 0 Å². The average molecular weight is 313 g/mol. The number of hydrogen-bond acceptors (Lipinski definition) is 4. The molecule has 2 atom stereocenters. The Labute approximate surface area is 129 Å². The molecular formula is C15H21ClN2O3. The maximum atomic E-state index is 11.7. The normalized spacial score (nSPS) is 19.4. The van der Waals surface area contributed by atoms with Crippen molar-refractivity contribution in [2.75, 3.05) is 26.2 Å². The van der Waals surface area contributed by atoms with Crippen LogP contribution in [0.15, 0.2) is 24.3 Å². The molecule has 0 aliphatic carbocycles. The largest absolute Gasteiger partial charge is 0.387 e. The number of halogens is 1. The molecule has 1 aliphatic heterocycles. The van der Waals surface area contributed by atoms with Gasteiger partial charge < -0.3 is 20.5 Å². The summed E-state index contributed by atoms with van der Waals surface area (Å²) in [6.45, 7) is 1.85. The first-order valence-electron chi connectivity index (χ1n) is 7.18. The maximum Gasteiger partial charge on any atom is 0.234 e. The second-order valence-electron chi connectivity index (χ2n) is 5.11. The Morgan fingerprint density at radius 2 is 2.29 bits per heavy atom. The molecule has 2 rings (SSSR count). The van der Waals surface area contributed by atoms with Crippen molar-refractivity contribution < 1.29 is 14.6 Å². The van der Waals surface area contributed by atoms with Crippen LogP contribution in [0.25, 0.3) is 0 Å². The number of ether oxygens (including phenoxy) is 1. The number of carbonyl (C=O) groups is 1. The quantitative estimate of drug-likeness (QED) is 0.709. The smallest absolute Gasteiger partial charge is 0.234 e. The Bertz CT molecular complexity index is 464. The maximum absolute atomic E-state index is 11.7. The van der Waals surface area contributed by atoms with Crippen LogP contribution in [-0.2, 0) is 9.53 Å². The van der Waals surface area contributed by atoms with Gasteiger partial charge in [-0.2, -0.15) is 0 Å². The minimum absolute atomic E-state index is 0.143. The van der Waals surface area contributed by atoms with Crippen LogP contribution in [0.1, 0.15) is 24.5 Å². The number of benzene rings is 1. The number of rotatable bonds is 7. The molecule has 0 saturated carbocycles. The van der Waals surface area contributed by atoms with Crippen molar-refractivity contribution in [3.63, 3.8) is 0 Å². The highest BCUT2D eigenvalue weighted by Gasteiger charge is 2.16. The molecule has 0 spiro atoms. The standard InChI is InChI=1S/C15H21ClN2O3/c16-13-6-2-1-5-12(13)14(19)9-18-15(20)10-17-8-11-4-3-7-21-11/h1-2,5-6,11,14,17,19H,3-4,7-10H2,(H,18,20)/t11-,14-/m0/s1. The second kappa shape index (κ2) is 8.34. The fourth-order valence-corrected chi connectivity index (χ4v) is 2.54. The predicted molar refractivity (Wildman–Crippen MR) is 81.3 cm³/mol. The van der Waals surface area contributed by atoms with E-state index in [1.807, 2.05) is 0 Å². The lowest BCUT2D eigenvalue weighted by Gasteiger charge is -2.14. The molecule has 0 aromatic heterocycles. The van der Waals surface area contributed by atoms with Gasteiger partial charge in [0.1, 0.15) is 0 Å². The van der Waals surface area contributed by atoms with Gasteiger partial charge in [0.25, 0.3) is 0 Å². The zero-order valence-corrected chi connectivity index (χ0v) is 12.6. The zero-order chi connectivity index (χ0) is 15.1. The van der Waals surface area contributed by atoms with Crippen LogP contribution in [0.4, 0.5) is 0 Å². The summed E-state index contributed by atoms with van der Waals surface area (Å²) < 4.78 is 5.46. The van der Waals surface area contributed by atoms with Crippen LogP contribution < -0.4 is 10.6 Å². The van der Waals surface area contributed by atoms with Gasteiger partial charge in [-0.25, -0.2) is 0 Å². The van der Waals surface area contributed by atoms with E-state index in [4.69, 9.17) is 16.3 Å². The first-order chi connectivity index (χ1) is 10.2. The van der Waals surface area contributed by atoms with E-state index in [0.717, 1.165) is 19.4 Å². The van der Waals surface area contributed by atoms with Gasteiger partial charge in [-0.15, -0.1) is 0 Å². The van der Waals surface area contributed by atoms with E-state index in [1.54, 1.807) is 24.3 Å². The van der Waals surface area contributed by atoms with E-state index in [0.29, 0.717) is 17.1 Å². The third kappa shape index (κ3) is 5.28. The highest BCUT2D eigenvalue weighted by atomic mass is 35.5. The summed E-state index contributed by atoms with van der Waals surface area (Å²) in [5.41, 5.74) is 0.617. The molecule has 0 unspecified atom stereocenters. The molecule has 3 N–H and O–H groups in total. The van der Waals surface area contributed by atoms with Crippen molar-refractivity contribution in [3.05, 3.63) is 34.9 Å². The third-order valence-electron chi connectivity index (χ3n) is 3.44. The molecule has 1 amide bonds.